The Bertz CT molecular complexity index is 747. The zero-order valence-corrected chi connectivity index (χ0v) is 14.9. The molecule has 0 aliphatic carbocycles. The maximum absolute atomic E-state index is 12.1. The minimum Gasteiger partial charge on any atom is -0.490 e. The van der Waals surface area contributed by atoms with Crippen LogP contribution in [0.25, 0.3) is 0 Å². The van der Waals surface area contributed by atoms with Gasteiger partial charge in [-0.15, -0.1) is 0 Å². The van der Waals surface area contributed by atoms with Crippen LogP contribution in [0.2, 0.25) is 0 Å². The normalized spacial score (nSPS) is 12.7. The third-order valence-corrected chi connectivity index (χ3v) is 4.03. The summed E-state index contributed by atoms with van der Waals surface area (Å²) in [6, 6.07) is 15.9. The Morgan fingerprint density at radius 2 is 1.58 bits per heavy atom. The maximum atomic E-state index is 12.1. The average molecular weight is 357 g/mol. The molecule has 0 saturated heterocycles. The minimum atomic E-state index is -1.22. The number of amides is 1. The number of carbonyl (C=O) groups is 2. The molecule has 0 heterocycles. The summed E-state index contributed by atoms with van der Waals surface area (Å²) in [7, 11) is 0. The van der Waals surface area contributed by atoms with Gasteiger partial charge in [0, 0.05) is 6.54 Å². The first-order valence-corrected chi connectivity index (χ1v) is 8.37. The van der Waals surface area contributed by atoms with Crippen LogP contribution in [0.3, 0.4) is 0 Å². The van der Waals surface area contributed by atoms with Gasteiger partial charge in [-0.1, -0.05) is 42.5 Å². The van der Waals surface area contributed by atoms with E-state index in [-0.39, 0.29) is 13.2 Å². The van der Waals surface area contributed by atoms with Crippen molar-refractivity contribution in [3.8, 4) is 11.5 Å². The Kier molecular flexibility index (Phi) is 6.60. The highest BCUT2D eigenvalue weighted by atomic mass is 16.5. The molecule has 0 spiro atoms. The lowest BCUT2D eigenvalue weighted by atomic mass is 9.82. The average Bonchev–Trinajstić information content (AvgIpc) is 2.66. The molecule has 2 N–H and O–H groups in total. The third-order valence-electron chi connectivity index (χ3n) is 4.03. The summed E-state index contributed by atoms with van der Waals surface area (Å²) in [6.45, 7) is 3.66. The molecule has 0 fully saturated rings. The predicted octanol–water partition coefficient (Wildman–Crippen LogP) is 2.62. The zero-order chi connectivity index (χ0) is 19.0. The number of nitrogens with one attached hydrogen (secondary N) is 1. The summed E-state index contributed by atoms with van der Waals surface area (Å²) in [5.41, 5.74) is -0.601. The molecule has 26 heavy (non-hydrogen) atoms. The zero-order valence-electron chi connectivity index (χ0n) is 14.9. The Labute approximate surface area is 152 Å². The number of hydrogen-bond donors (Lipinski definition) is 2. The highest BCUT2D eigenvalue weighted by Gasteiger charge is 2.35. The molecule has 0 radical (unpaired) electrons. The molecule has 0 aromatic heterocycles. The van der Waals surface area contributed by atoms with Crippen LogP contribution in [0.4, 0.5) is 0 Å². The van der Waals surface area contributed by atoms with Gasteiger partial charge in [0.05, 0.1) is 6.61 Å². The molecule has 6 heteroatoms. The first kappa shape index (κ1) is 19.3. The summed E-state index contributed by atoms with van der Waals surface area (Å²) in [6.07, 6.45) is 0. The Balaban J connectivity index is 1.96. The van der Waals surface area contributed by atoms with E-state index >= 15 is 0 Å². The van der Waals surface area contributed by atoms with Crippen molar-refractivity contribution in [2.24, 2.45) is 0 Å². The number of para-hydroxylation sites is 2. The van der Waals surface area contributed by atoms with E-state index in [0.29, 0.717) is 23.7 Å². The predicted molar refractivity (Wildman–Crippen MR) is 97.5 cm³/mol. The van der Waals surface area contributed by atoms with Gasteiger partial charge in [0.2, 0.25) is 0 Å². The number of rotatable bonds is 9. The molecule has 2 aromatic rings. The van der Waals surface area contributed by atoms with Crippen molar-refractivity contribution < 1.29 is 24.2 Å². The first-order valence-electron chi connectivity index (χ1n) is 8.37. The van der Waals surface area contributed by atoms with Crippen molar-refractivity contribution in [2.75, 3.05) is 19.8 Å². The highest BCUT2D eigenvalue weighted by molar-refractivity contribution is 5.83. The van der Waals surface area contributed by atoms with Gasteiger partial charge in [0.25, 0.3) is 5.91 Å². The minimum absolute atomic E-state index is 0.0400. The van der Waals surface area contributed by atoms with E-state index in [0.717, 1.165) is 0 Å². The molecule has 0 bridgehead atoms. The standard InChI is InChI=1S/C20H23NO5/c1-3-25-16-11-7-8-12-17(16)26-13-18(22)21-14-20(2,19(23)24)15-9-5-4-6-10-15/h4-12H,3,13-14H2,1-2H3,(H,21,22)(H,23,24). The number of aliphatic carboxylic acids is 1. The van der Waals surface area contributed by atoms with E-state index in [9.17, 15) is 14.7 Å². The van der Waals surface area contributed by atoms with Crippen molar-refractivity contribution in [1.82, 2.24) is 5.32 Å². The fourth-order valence-corrected chi connectivity index (χ4v) is 2.42. The monoisotopic (exact) mass is 357 g/mol. The summed E-state index contributed by atoms with van der Waals surface area (Å²) in [5, 5.41) is 12.2. The molecule has 0 aliphatic heterocycles. The first-order chi connectivity index (χ1) is 12.5. The molecule has 2 rings (SSSR count). The van der Waals surface area contributed by atoms with E-state index in [4.69, 9.17) is 9.47 Å². The number of carboxylic acids is 1. The van der Waals surface area contributed by atoms with Crippen LogP contribution in [0.15, 0.2) is 54.6 Å². The second-order valence-corrected chi connectivity index (χ2v) is 5.95. The number of benzene rings is 2. The fraction of sp³-hybridized carbons (Fsp3) is 0.300. The maximum Gasteiger partial charge on any atom is 0.315 e. The van der Waals surface area contributed by atoms with E-state index < -0.39 is 17.3 Å². The summed E-state index contributed by atoms with van der Waals surface area (Å²) in [4.78, 5) is 23.8. The molecule has 1 unspecified atom stereocenters. The molecule has 1 amide bonds. The molecule has 6 nitrogen and oxygen atoms in total. The molecule has 1 atom stereocenters. The number of ether oxygens (including phenoxy) is 2. The second kappa shape index (κ2) is 8.89. The van der Waals surface area contributed by atoms with Crippen LogP contribution >= 0.6 is 0 Å². The van der Waals surface area contributed by atoms with Crippen molar-refractivity contribution in [1.29, 1.82) is 0 Å². The van der Waals surface area contributed by atoms with Crippen LogP contribution in [0, 0.1) is 0 Å². The van der Waals surface area contributed by atoms with Crippen LogP contribution in [-0.2, 0) is 15.0 Å². The van der Waals surface area contributed by atoms with E-state index in [1.165, 1.54) is 0 Å². The van der Waals surface area contributed by atoms with Gasteiger partial charge in [-0.05, 0) is 31.5 Å². The van der Waals surface area contributed by atoms with Gasteiger partial charge >= 0.3 is 5.97 Å². The van der Waals surface area contributed by atoms with Crippen molar-refractivity contribution in [2.45, 2.75) is 19.3 Å². The molecular weight excluding hydrogens is 334 g/mol. The molecule has 2 aromatic carbocycles. The van der Waals surface area contributed by atoms with Crippen molar-refractivity contribution in [3.05, 3.63) is 60.2 Å². The van der Waals surface area contributed by atoms with Gasteiger partial charge in [-0.2, -0.15) is 0 Å². The smallest absolute Gasteiger partial charge is 0.315 e. The summed E-state index contributed by atoms with van der Waals surface area (Å²) < 4.78 is 10.9. The topological polar surface area (TPSA) is 84.9 Å². The van der Waals surface area contributed by atoms with E-state index in [2.05, 4.69) is 5.32 Å². The van der Waals surface area contributed by atoms with Crippen LogP contribution in [-0.4, -0.2) is 36.7 Å². The fourth-order valence-electron chi connectivity index (χ4n) is 2.42. The van der Waals surface area contributed by atoms with Gasteiger partial charge in [-0.3, -0.25) is 9.59 Å². The van der Waals surface area contributed by atoms with E-state index in [1.807, 2.05) is 19.1 Å². The summed E-state index contributed by atoms with van der Waals surface area (Å²) >= 11 is 0. The highest BCUT2D eigenvalue weighted by Crippen LogP contribution is 2.26. The Morgan fingerprint density at radius 1 is 1.00 bits per heavy atom. The van der Waals surface area contributed by atoms with Gasteiger partial charge in [0.15, 0.2) is 18.1 Å². The van der Waals surface area contributed by atoms with Gasteiger partial charge < -0.3 is 19.9 Å². The molecular formula is C20H23NO5. The number of carboxylic acid groups (broad SMARTS) is 1. The van der Waals surface area contributed by atoms with Crippen LogP contribution in [0.5, 0.6) is 11.5 Å². The van der Waals surface area contributed by atoms with E-state index in [1.54, 1.807) is 49.4 Å². The largest absolute Gasteiger partial charge is 0.490 e. The van der Waals surface area contributed by atoms with Gasteiger partial charge in [0.1, 0.15) is 5.41 Å². The molecule has 0 aliphatic rings. The number of hydrogen-bond acceptors (Lipinski definition) is 4. The molecule has 138 valence electrons. The quantitative estimate of drug-likeness (QED) is 0.721. The van der Waals surface area contributed by atoms with Gasteiger partial charge in [-0.25, -0.2) is 0 Å². The lowest BCUT2D eigenvalue weighted by Gasteiger charge is -2.25. The van der Waals surface area contributed by atoms with Crippen LogP contribution < -0.4 is 14.8 Å². The lowest BCUT2D eigenvalue weighted by Crippen LogP contribution is -2.45. The van der Waals surface area contributed by atoms with Crippen molar-refractivity contribution >= 4 is 11.9 Å². The Morgan fingerprint density at radius 3 is 2.15 bits per heavy atom. The Hall–Kier alpha value is -3.02. The SMILES string of the molecule is CCOc1ccccc1OCC(=O)NCC(C)(C(=O)O)c1ccccc1. The summed E-state index contributed by atoms with van der Waals surface area (Å²) in [5.74, 6) is -0.387. The lowest BCUT2D eigenvalue weighted by molar-refractivity contribution is -0.143. The number of carbonyl (C=O) groups excluding carboxylic acids is 1. The molecule has 0 saturated carbocycles. The van der Waals surface area contributed by atoms with Crippen molar-refractivity contribution in [3.63, 3.8) is 0 Å². The van der Waals surface area contributed by atoms with Crippen LogP contribution in [0.1, 0.15) is 19.4 Å². The second-order valence-electron chi connectivity index (χ2n) is 5.95. The third kappa shape index (κ3) is 4.75.